The van der Waals surface area contributed by atoms with Crippen molar-refractivity contribution in [1.82, 2.24) is 9.88 Å². The van der Waals surface area contributed by atoms with Crippen molar-refractivity contribution < 1.29 is 4.79 Å². The second kappa shape index (κ2) is 6.74. The van der Waals surface area contributed by atoms with Gasteiger partial charge in [-0.15, -0.1) is 11.3 Å². The number of thiazole rings is 1. The van der Waals surface area contributed by atoms with E-state index >= 15 is 0 Å². The first-order valence-corrected chi connectivity index (χ1v) is 7.23. The van der Waals surface area contributed by atoms with Crippen molar-refractivity contribution in [2.45, 2.75) is 46.6 Å². The van der Waals surface area contributed by atoms with Crippen LogP contribution in [-0.2, 0) is 0 Å². The van der Waals surface area contributed by atoms with Gasteiger partial charge in [-0.3, -0.25) is 4.79 Å². The Kier molecular flexibility index (Phi) is 5.62. The number of hydrogen-bond acceptors (Lipinski definition) is 3. The summed E-state index contributed by atoms with van der Waals surface area (Å²) < 4.78 is 0. The summed E-state index contributed by atoms with van der Waals surface area (Å²) in [4.78, 5) is 18.5. The number of hydrogen-bond donors (Lipinski definition) is 0. The molecule has 0 aromatic carbocycles. The lowest BCUT2D eigenvalue weighted by atomic mass is 10.1. The van der Waals surface area contributed by atoms with Gasteiger partial charge in [0.05, 0.1) is 5.51 Å². The second-order valence-electron chi connectivity index (χ2n) is 4.70. The molecule has 0 bridgehead atoms. The van der Waals surface area contributed by atoms with Gasteiger partial charge in [-0.1, -0.05) is 27.7 Å². The Hall–Kier alpha value is -0.900. The van der Waals surface area contributed by atoms with Crippen LogP contribution in [0, 0.1) is 5.92 Å². The summed E-state index contributed by atoms with van der Waals surface area (Å²) in [7, 11) is 0. The van der Waals surface area contributed by atoms with Crippen molar-refractivity contribution in [3.05, 3.63) is 16.6 Å². The minimum absolute atomic E-state index is 0.0775. The molecule has 0 aliphatic carbocycles. The molecule has 1 rings (SSSR count). The van der Waals surface area contributed by atoms with Gasteiger partial charge in [-0.05, 0) is 18.8 Å². The van der Waals surface area contributed by atoms with E-state index in [1.54, 1.807) is 5.51 Å². The topological polar surface area (TPSA) is 33.2 Å². The Morgan fingerprint density at radius 2 is 2.06 bits per heavy atom. The molecule has 0 spiro atoms. The zero-order valence-corrected chi connectivity index (χ0v) is 12.0. The summed E-state index contributed by atoms with van der Waals surface area (Å²) >= 11 is 1.47. The van der Waals surface area contributed by atoms with Crippen LogP contribution in [0.15, 0.2) is 10.9 Å². The standard InChI is InChI=1S/C13H22N2OS/c1-5-11(6-2)15(7-10(3)4)13(16)12-8-17-9-14-12/h8-11H,5-7H2,1-4H3. The number of amides is 1. The van der Waals surface area contributed by atoms with Gasteiger partial charge >= 0.3 is 0 Å². The van der Waals surface area contributed by atoms with Crippen molar-refractivity contribution in [2.75, 3.05) is 6.54 Å². The van der Waals surface area contributed by atoms with Crippen LogP contribution in [0.2, 0.25) is 0 Å². The highest BCUT2D eigenvalue weighted by Gasteiger charge is 2.24. The third kappa shape index (κ3) is 3.80. The first-order valence-electron chi connectivity index (χ1n) is 6.29. The highest BCUT2D eigenvalue weighted by molar-refractivity contribution is 7.07. The quantitative estimate of drug-likeness (QED) is 0.779. The van der Waals surface area contributed by atoms with Gasteiger partial charge in [0.25, 0.3) is 5.91 Å². The van der Waals surface area contributed by atoms with Gasteiger partial charge in [-0.2, -0.15) is 0 Å². The molecule has 1 amide bonds. The fourth-order valence-corrected chi connectivity index (χ4v) is 2.51. The summed E-state index contributed by atoms with van der Waals surface area (Å²) in [6.07, 6.45) is 2.00. The van der Waals surface area contributed by atoms with E-state index in [1.807, 2.05) is 10.3 Å². The molecule has 1 aromatic rings. The lowest BCUT2D eigenvalue weighted by Gasteiger charge is -2.31. The maximum atomic E-state index is 12.4. The maximum Gasteiger partial charge on any atom is 0.273 e. The van der Waals surface area contributed by atoms with E-state index in [1.165, 1.54) is 11.3 Å². The van der Waals surface area contributed by atoms with Gasteiger partial charge in [0, 0.05) is 18.0 Å². The number of aromatic nitrogens is 1. The molecule has 0 atom stereocenters. The van der Waals surface area contributed by atoms with Crippen LogP contribution in [0.25, 0.3) is 0 Å². The largest absolute Gasteiger partial charge is 0.334 e. The molecule has 17 heavy (non-hydrogen) atoms. The Balaban J connectivity index is 2.85. The van der Waals surface area contributed by atoms with E-state index in [-0.39, 0.29) is 5.91 Å². The minimum Gasteiger partial charge on any atom is -0.334 e. The van der Waals surface area contributed by atoms with E-state index in [0.717, 1.165) is 19.4 Å². The zero-order valence-electron chi connectivity index (χ0n) is 11.1. The average molecular weight is 254 g/mol. The van der Waals surface area contributed by atoms with Crippen LogP contribution in [0.4, 0.5) is 0 Å². The molecule has 0 saturated carbocycles. The van der Waals surface area contributed by atoms with E-state index in [9.17, 15) is 4.79 Å². The SMILES string of the molecule is CCC(CC)N(CC(C)C)C(=O)c1cscn1. The van der Waals surface area contributed by atoms with Crippen molar-refractivity contribution in [1.29, 1.82) is 0 Å². The molecule has 1 aromatic heterocycles. The summed E-state index contributed by atoms with van der Waals surface area (Å²) in [6.45, 7) is 9.36. The van der Waals surface area contributed by atoms with Gasteiger partial charge < -0.3 is 4.90 Å². The maximum absolute atomic E-state index is 12.4. The predicted molar refractivity (Wildman–Crippen MR) is 72.4 cm³/mol. The molecule has 0 fully saturated rings. The van der Waals surface area contributed by atoms with Gasteiger partial charge in [0.15, 0.2) is 0 Å². The van der Waals surface area contributed by atoms with E-state index < -0.39 is 0 Å². The number of carbonyl (C=O) groups excluding carboxylic acids is 1. The molecule has 0 N–H and O–H groups in total. The first-order chi connectivity index (χ1) is 8.10. The molecular weight excluding hydrogens is 232 g/mol. The molecule has 4 heteroatoms. The fourth-order valence-electron chi connectivity index (χ4n) is 1.99. The fraction of sp³-hybridized carbons (Fsp3) is 0.692. The molecule has 1 heterocycles. The number of nitrogens with zero attached hydrogens (tertiary/aromatic N) is 2. The predicted octanol–water partition coefficient (Wildman–Crippen LogP) is 3.43. The van der Waals surface area contributed by atoms with Gasteiger partial charge in [0.2, 0.25) is 0 Å². The molecule has 0 aliphatic rings. The van der Waals surface area contributed by atoms with Crippen molar-refractivity contribution in [3.8, 4) is 0 Å². The minimum atomic E-state index is 0.0775. The Bertz CT molecular complexity index is 331. The van der Waals surface area contributed by atoms with Crippen molar-refractivity contribution in [2.24, 2.45) is 5.92 Å². The number of rotatable bonds is 6. The Morgan fingerprint density at radius 1 is 1.41 bits per heavy atom. The average Bonchev–Trinajstić information content (AvgIpc) is 2.81. The van der Waals surface area contributed by atoms with Crippen molar-refractivity contribution in [3.63, 3.8) is 0 Å². The first kappa shape index (κ1) is 14.2. The third-order valence-corrected chi connectivity index (χ3v) is 3.44. The van der Waals surface area contributed by atoms with Crippen LogP contribution in [0.1, 0.15) is 51.0 Å². The second-order valence-corrected chi connectivity index (χ2v) is 5.41. The molecule has 96 valence electrons. The summed E-state index contributed by atoms with van der Waals surface area (Å²) in [5, 5.41) is 1.83. The van der Waals surface area contributed by atoms with Gasteiger partial charge in [-0.25, -0.2) is 4.98 Å². The van der Waals surface area contributed by atoms with Crippen LogP contribution in [0.3, 0.4) is 0 Å². The van der Waals surface area contributed by atoms with E-state index in [4.69, 9.17) is 0 Å². The zero-order chi connectivity index (χ0) is 12.8. The highest BCUT2D eigenvalue weighted by Crippen LogP contribution is 2.15. The van der Waals surface area contributed by atoms with Crippen LogP contribution >= 0.6 is 11.3 Å². The van der Waals surface area contributed by atoms with Crippen LogP contribution in [0.5, 0.6) is 0 Å². The molecule has 0 radical (unpaired) electrons. The Morgan fingerprint density at radius 3 is 2.47 bits per heavy atom. The molecule has 0 aliphatic heterocycles. The summed E-state index contributed by atoms with van der Waals surface area (Å²) in [5.41, 5.74) is 2.30. The smallest absolute Gasteiger partial charge is 0.273 e. The van der Waals surface area contributed by atoms with E-state index in [0.29, 0.717) is 17.7 Å². The monoisotopic (exact) mass is 254 g/mol. The summed E-state index contributed by atoms with van der Waals surface area (Å²) in [5.74, 6) is 0.562. The van der Waals surface area contributed by atoms with Crippen LogP contribution in [-0.4, -0.2) is 28.4 Å². The van der Waals surface area contributed by atoms with Crippen molar-refractivity contribution >= 4 is 17.2 Å². The normalized spacial score (nSPS) is 11.2. The molecule has 3 nitrogen and oxygen atoms in total. The molecular formula is C13H22N2OS. The molecule has 0 saturated heterocycles. The third-order valence-electron chi connectivity index (χ3n) is 2.86. The number of carbonyl (C=O) groups is 1. The lowest BCUT2D eigenvalue weighted by Crippen LogP contribution is -2.42. The lowest BCUT2D eigenvalue weighted by molar-refractivity contribution is 0.0635. The van der Waals surface area contributed by atoms with E-state index in [2.05, 4.69) is 32.7 Å². The van der Waals surface area contributed by atoms with Crippen LogP contribution < -0.4 is 0 Å². The van der Waals surface area contributed by atoms with Gasteiger partial charge in [0.1, 0.15) is 5.69 Å². The summed E-state index contributed by atoms with van der Waals surface area (Å²) in [6, 6.07) is 0.326. The molecule has 0 unspecified atom stereocenters. The highest BCUT2D eigenvalue weighted by atomic mass is 32.1. The Labute approximate surface area is 108 Å².